The normalized spacial score (nSPS) is 14.7. The molecule has 3 rings (SSSR count). The number of halogens is 2. The van der Waals surface area contributed by atoms with Gasteiger partial charge in [-0.05, 0) is 53.0 Å². The molecule has 1 aromatic carbocycles. The van der Waals surface area contributed by atoms with E-state index in [4.69, 9.17) is 9.84 Å². The molecule has 0 atom stereocenters. The third kappa shape index (κ3) is 6.70. The number of amides is 2. The van der Waals surface area contributed by atoms with Crippen LogP contribution in [0.25, 0.3) is 0 Å². The molecule has 2 heterocycles. The number of amidine groups is 1. The molecule has 176 valence electrons. The second kappa shape index (κ2) is 11.7. The van der Waals surface area contributed by atoms with Crippen LogP contribution in [0.4, 0.5) is 20.6 Å². The monoisotopic (exact) mass is 523 g/mol. The Morgan fingerprint density at radius 3 is 2.64 bits per heavy atom. The minimum absolute atomic E-state index is 0.121. The van der Waals surface area contributed by atoms with Gasteiger partial charge in [0, 0.05) is 25.1 Å². The second-order valence-electron chi connectivity index (χ2n) is 7.18. The van der Waals surface area contributed by atoms with E-state index in [1.54, 1.807) is 17.0 Å². The third-order valence-corrected chi connectivity index (χ3v) is 5.57. The fourth-order valence-corrected chi connectivity index (χ4v) is 3.62. The molecule has 2 amide bonds. The maximum absolute atomic E-state index is 13.4. The van der Waals surface area contributed by atoms with Crippen molar-refractivity contribution in [1.29, 1.82) is 0 Å². The summed E-state index contributed by atoms with van der Waals surface area (Å²) in [4.78, 5) is 35.0. The van der Waals surface area contributed by atoms with Crippen LogP contribution in [0.1, 0.15) is 12.8 Å². The molecule has 33 heavy (non-hydrogen) atoms. The molecule has 1 aliphatic rings. The maximum Gasteiger partial charge on any atom is 0.321 e. The van der Waals surface area contributed by atoms with Gasteiger partial charge in [-0.2, -0.15) is 0 Å². The van der Waals surface area contributed by atoms with Gasteiger partial charge >= 0.3 is 6.03 Å². The van der Waals surface area contributed by atoms with E-state index in [1.165, 1.54) is 24.4 Å². The third-order valence-electron chi connectivity index (χ3n) is 4.97. The Morgan fingerprint density at radius 2 is 2.03 bits per heavy atom. The Labute approximate surface area is 197 Å². The van der Waals surface area contributed by atoms with Gasteiger partial charge < -0.3 is 20.1 Å². The predicted molar refractivity (Wildman–Crippen MR) is 121 cm³/mol. The number of carbonyl (C=O) groups is 2. The van der Waals surface area contributed by atoms with E-state index < -0.39 is 11.7 Å². The molecule has 0 saturated carbocycles. The van der Waals surface area contributed by atoms with Crippen molar-refractivity contribution in [1.82, 2.24) is 15.4 Å². The van der Waals surface area contributed by atoms with Gasteiger partial charge in [0.05, 0.1) is 28.7 Å². The Kier molecular flexibility index (Phi) is 8.69. The average molecular weight is 524 g/mol. The number of benzene rings is 1. The Morgan fingerprint density at radius 1 is 1.27 bits per heavy atom. The van der Waals surface area contributed by atoms with Gasteiger partial charge in [0.25, 0.3) is 0 Å². The zero-order valence-electron chi connectivity index (χ0n) is 17.5. The minimum Gasteiger partial charge on any atom is -0.475 e. The number of anilines is 1. The zero-order chi connectivity index (χ0) is 23.8. The van der Waals surface area contributed by atoms with Crippen molar-refractivity contribution >= 4 is 45.0 Å². The summed E-state index contributed by atoms with van der Waals surface area (Å²) in [6.45, 7) is 0.693. The van der Waals surface area contributed by atoms with Crippen LogP contribution < -0.4 is 15.5 Å². The SMILES string of the molecule is O=C(C(=Nc1ccc(F)c(Br)c1)NO)C1CCN(C(=O)Nc2ccc(OCCO)nc2)CC1. The standard InChI is InChI=1S/C21H23BrFN5O5/c22-16-11-14(1-3-17(16)23)25-20(27-32)19(30)13-5-7-28(8-6-13)21(31)26-15-2-4-18(24-12-15)33-10-9-29/h1-4,11-13,29,32H,5-10H2,(H,25,27)(H,26,31). The van der Waals surface area contributed by atoms with Gasteiger partial charge in [-0.1, -0.05) is 0 Å². The van der Waals surface area contributed by atoms with Crippen molar-refractivity contribution in [2.75, 3.05) is 31.6 Å². The number of piperidine rings is 1. The van der Waals surface area contributed by atoms with Crippen molar-refractivity contribution in [2.45, 2.75) is 12.8 Å². The van der Waals surface area contributed by atoms with Crippen molar-refractivity contribution in [3.8, 4) is 5.88 Å². The van der Waals surface area contributed by atoms with Crippen LogP contribution in [0.15, 0.2) is 46.0 Å². The molecule has 0 unspecified atom stereocenters. The number of nitrogens with one attached hydrogen (secondary N) is 2. The highest BCUT2D eigenvalue weighted by molar-refractivity contribution is 9.10. The number of likely N-dealkylation sites (tertiary alicyclic amines) is 1. The Bertz CT molecular complexity index is 1010. The number of carbonyl (C=O) groups excluding carboxylic acids is 2. The van der Waals surface area contributed by atoms with Crippen LogP contribution in [0.5, 0.6) is 5.88 Å². The van der Waals surface area contributed by atoms with Crippen molar-refractivity contribution < 1.29 is 29.0 Å². The lowest BCUT2D eigenvalue weighted by molar-refractivity contribution is -0.118. The number of Topliss-reactive ketones (excluding diaryl/α,β-unsaturated/α-hetero) is 1. The summed E-state index contributed by atoms with van der Waals surface area (Å²) >= 11 is 3.05. The molecular weight excluding hydrogens is 501 g/mol. The Hall–Kier alpha value is -3.09. The number of hydrogen-bond donors (Lipinski definition) is 4. The average Bonchev–Trinajstić information content (AvgIpc) is 2.84. The molecule has 1 saturated heterocycles. The number of aliphatic hydroxyl groups is 1. The molecule has 10 nitrogen and oxygen atoms in total. The number of aromatic nitrogens is 1. The van der Waals surface area contributed by atoms with Crippen LogP contribution in [0, 0.1) is 11.7 Å². The molecule has 0 aliphatic carbocycles. The van der Waals surface area contributed by atoms with Gasteiger partial charge in [0.15, 0.2) is 5.84 Å². The highest BCUT2D eigenvalue weighted by Gasteiger charge is 2.30. The first-order valence-corrected chi connectivity index (χ1v) is 10.9. The van der Waals surface area contributed by atoms with E-state index >= 15 is 0 Å². The molecule has 4 N–H and O–H groups in total. The molecule has 0 bridgehead atoms. The lowest BCUT2D eigenvalue weighted by Crippen LogP contribution is -2.44. The van der Waals surface area contributed by atoms with Gasteiger partial charge in [-0.3, -0.25) is 10.0 Å². The molecule has 1 aromatic heterocycles. The van der Waals surface area contributed by atoms with E-state index in [0.29, 0.717) is 43.2 Å². The van der Waals surface area contributed by atoms with E-state index in [-0.39, 0.29) is 35.3 Å². The first-order chi connectivity index (χ1) is 15.9. The fourth-order valence-electron chi connectivity index (χ4n) is 3.25. The van der Waals surface area contributed by atoms with Gasteiger partial charge in [0.2, 0.25) is 11.7 Å². The van der Waals surface area contributed by atoms with Gasteiger partial charge in [0.1, 0.15) is 12.4 Å². The van der Waals surface area contributed by atoms with Crippen LogP contribution in [0.3, 0.4) is 0 Å². The van der Waals surface area contributed by atoms with Gasteiger partial charge in [-0.25, -0.2) is 24.6 Å². The summed E-state index contributed by atoms with van der Waals surface area (Å²) in [6, 6.07) is 6.88. The Balaban J connectivity index is 1.54. The lowest BCUT2D eigenvalue weighted by Gasteiger charge is -2.31. The van der Waals surface area contributed by atoms with Crippen molar-refractivity contribution in [3.63, 3.8) is 0 Å². The number of aliphatic imine (C=N–C) groups is 1. The molecule has 1 aliphatic heterocycles. The summed E-state index contributed by atoms with van der Waals surface area (Å²) < 4.78 is 18.8. The topological polar surface area (TPSA) is 136 Å². The summed E-state index contributed by atoms with van der Waals surface area (Å²) in [6.07, 6.45) is 2.24. The van der Waals surface area contributed by atoms with Crippen molar-refractivity contribution in [2.24, 2.45) is 10.9 Å². The number of nitrogens with zero attached hydrogens (tertiary/aromatic N) is 3. The number of rotatable bonds is 7. The fraction of sp³-hybridized carbons (Fsp3) is 0.333. The number of hydrogen-bond acceptors (Lipinski definition) is 7. The number of ether oxygens (including phenoxy) is 1. The predicted octanol–water partition coefficient (Wildman–Crippen LogP) is 2.88. The highest BCUT2D eigenvalue weighted by atomic mass is 79.9. The summed E-state index contributed by atoms with van der Waals surface area (Å²) in [5.41, 5.74) is 2.62. The van der Waals surface area contributed by atoms with E-state index in [9.17, 15) is 19.2 Å². The number of ketones is 1. The quantitative estimate of drug-likeness (QED) is 0.249. The van der Waals surface area contributed by atoms with Crippen molar-refractivity contribution in [3.05, 3.63) is 46.8 Å². The first kappa shape index (κ1) is 24.6. The molecule has 2 aromatic rings. The first-order valence-electron chi connectivity index (χ1n) is 10.1. The molecule has 0 spiro atoms. The van der Waals surface area contributed by atoms with E-state index in [2.05, 4.69) is 31.2 Å². The zero-order valence-corrected chi connectivity index (χ0v) is 19.1. The largest absolute Gasteiger partial charge is 0.475 e. The molecule has 12 heteroatoms. The smallest absolute Gasteiger partial charge is 0.321 e. The van der Waals surface area contributed by atoms with Crippen LogP contribution >= 0.6 is 15.9 Å². The number of aliphatic hydroxyl groups excluding tert-OH is 1. The van der Waals surface area contributed by atoms with Crippen LogP contribution in [0.2, 0.25) is 0 Å². The number of urea groups is 1. The highest BCUT2D eigenvalue weighted by Crippen LogP contribution is 2.24. The minimum atomic E-state index is -0.466. The van der Waals surface area contributed by atoms with Gasteiger partial charge in [-0.15, -0.1) is 0 Å². The molecular formula is C21H23BrFN5O5. The lowest BCUT2D eigenvalue weighted by atomic mass is 9.92. The second-order valence-corrected chi connectivity index (χ2v) is 8.04. The maximum atomic E-state index is 13.4. The van der Waals surface area contributed by atoms with Crippen LogP contribution in [-0.2, 0) is 4.79 Å². The summed E-state index contributed by atoms with van der Waals surface area (Å²) in [5, 5.41) is 20.9. The summed E-state index contributed by atoms with van der Waals surface area (Å²) in [7, 11) is 0. The number of pyridine rings is 1. The summed E-state index contributed by atoms with van der Waals surface area (Å²) in [5.74, 6) is -1.19. The van der Waals surface area contributed by atoms with E-state index in [0.717, 1.165) is 0 Å². The van der Waals surface area contributed by atoms with E-state index in [1.807, 2.05) is 5.48 Å². The molecule has 1 fully saturated rings. The molecule has 0 radical (unpaired) electrons. The number of hydroxylamine groups is 1. The van der Waals surface area contributed by atoms with Crippen LogP contribution in [-0.4, -0.2) is 64.2 Å².